The Bertz CT molecular complexity index is 306. The van der Waals surface area contributed by atoms with Crippen molar-refractivity contribution in [2.75, 3.05) is 0 Å². The van der Waals surface area contributed by atoms with E-state index in [9.17, 15) is 4.79 Å². The van der Waals surface area contributed by atoms with Crippen LogP contribution in [0.2, 0.25) is 0 Å². The smallest absolute Gasteiger partial charge is 0.249 e. The predicted octanol–water partition coefficient (Wildman–Crippen LogP) is 1.76. The molecule has 0 bridgehead atoms. The molecule has 0 aliphatic carbocycles. The van der Waals surface area contributed by atoms with Crippen molar-refractivity contribution in [1.82, 2.24) is 5.48 Å². The maximum Gasteiger partial charge on any atom is 0.249 e. The van der Waals surface area contributed by atoms with Crippen LogP contribution in [0.15, 0.2) is 30.3 Å². The van der Waals surface area contributed by atoms with E-state index in [0.717, 1.165) is 5.56 Å². The minimum absolute atomic E-state index is 0.360. The molecule has 1 aromatic rings. The molecule has 0 saturated carbocycles. The summed E-state index contributed by atoms with van der Waals surface area (Å²) in [5, 5.41) is 8.55. The second kappa shape index (κ2) is 4.24. The molecule has 3 heteroatoms. The van der Waals surface area contributed by atoms with Crippen molar-refractivity contribution in [1.29, 1.82) is 0 Å². The normalized spacial score (nSPS) is 11.1. The Labute approximate surface area is 83.7 Å². The van der Waals surface area contributed by atoms with E-state index in [2.05, 4.69) is 0 Å². The molecular formula is C11H15NO2. The molecule has 76 valence electrons. The minimum Gasteiger partial charge on any atom is -0.289 e. The monoisotopic (exact) mass is 193 g/mol. The summed E-state index contributed by atoms with van der Waals surface area (Å²) in [4.78, 5) is 11.3. The Balaban J connectivity index is 2.73. The minimum atomic E-state index is -0.587. The number of carbonyl (C=O) groups is 1. The highest BCUT2D eigenvalue weighted by Crippen LogP contribution is 2.21. The highest BCUT2D eigenvalue weighted by molar-refractivity contribution is 5.80. The molecule has 0 aliphatic rings. The van der Waals surface area contributed by atoms with E-state index in [1.165, 1.54) is 0 Å². The molecule has 1 rings (SSSR count). The van der Waals surface area contributed by atoms with Crippen molar-refractivity contribution in [2.24, 2.45) is 5.41 Å². The molecule has 0 unspecified atom stereocenters. The lowest BCUT2D eigenvalue weighted by Gasteiger charge is -2.21. The molecule has 14 heavy (non-hydrogen) atoms. The van der Waals surface area contributed by atoms with Gasteiger partial charge in [0.1, 0.15) is 0 Å². The lowest BCUT2D eigenvalue weighted by Crippen LogP contribution is -2.36. The first-order valence-corrected chi connectivity index (χ1v) is 4.55. The van der Waals surface area contributed by atoms with Crippen molar-refractivity contribution in [3.05, 3.63) is 35.9 Å². The summed E-state index contributed by atoms with van der Waals surface area (Å²) in [6.45, 7) is 3.59. The molecule has 0 fully saturated rings. The molecule has 0 spiro atoms. The van der Waals surface area contributed by atoms with Gasteiger partial charge < -0.3 is 0 Å². The predicted molar refractivity (Wildman–Crippen MR) is 53.9 cm³/mol. The molecule has 3 nitrogen and oxygen atoms in total. The van der Waals surface area contributed by atoms with Gasteiger partial charge in [-0.15, -0.1) is 0 Å². The molecule has 0 aliphatic heterocycles. The van der Waals surface area contributed by atoms with Gasteiger partial charge in [0, 0.05) is 5.41 Å². The Morgan fingerprint density at radius 2 is 1.93 bits per heavy atom. The van der Waals surface area contributed by atoms with Crippen LogP contribution in [0.4, 0.5) is 0 Å². The van der Waals surface area contributed by atoms with Crippen LogP contribution < -0.4 is 5.48 Å². The van der Waals surface area contributed by atoms with E-state index >= 15 is 0 Å². The SMILES string of the molecule is CC(C)(Cc1ccccc1)C(=O)NO. The zero-order chi connectivity index (χ0) is 10.6. The highest BCUT2D eigenvalue weighted by atomic mass is 16.5. The number of benzene rings is 1. The Morgan fingerprint density at radius 1 is 1.36 bits per heavy atom. The summed E-state index contributed by atoms with van der Waals surface area (Å²) < 4.78 is 0. The van der Waals surface area contributed by atoms with Crippen LogP contribution >= 0.6 is 0 Å². The first-order valence-electron chi connectivity index (χ1n) is 4.55. The van der Waals surface area contributed by atoms with E-state index < -0.39 is 5.41 Å². The number of hydroxylamine groups is 1. The van der Waals surface area contributed by atoms with Crippen molar-refractivity contribution in [3.8, 4) is 0 Å². The molecule has 1 amide bonds. The van der Waals surface area contributed by atoms with Crippen LogP contribution in [0.3, 0.4) is 0 Å². The second-order valence-corrected chi connectivity index (χ2v) is 3.99. The summed E-state index contributed by atoms with van der Waals surface area (Å²) in [6, 6.07) is 9.73. The summed E-state index contributed by atoms with van der Waals surface area (Å²) in [5.74, 6) is -0.360. The fourth-order valence-electron chi connectivity index (χ4n) is 1.34. The van der Waals surface area contributed by atoms with Crippen molar-refractivity contribution < 1.29 is 10.0 Å². The molecular weight excluding hydrogens is 178 g/mol. The van der Waals surface area contributed by atoms with E-state index in [0.29, 0.717) is 6.42 Å². The standard InChI is InChI=1S/C11H15NO2/c1-11(2,10(13)12-14)8-9-6-4-3-5-7-9/h3-7,14H,8H2,1-2H3,(H,12,13). The van der Waals surface area contributed by atoms with E-state index in [-0.39, 0.29) is 5.91 Å². The van der Waals surface area contributed by atoms with Crippen LogP contribution in [-0.2, 0) is 11.2 Å². The van der Waals surface area contributed by atoms with Crippen LogP contribution in [-0.4, -0.2) is 11.1 Å². The number of amides is 1. The lowest BCUT2D eigenvalue weighted by molar-refractivity contribution is -0.138. The number of nitrogens with one attached hydrogen (secondary N) is 1. The zero-order valence-corrected chi connectivity index (χ0v) is 8.45. The summed E-state index contributed by atoms with van der Waals surface area (Å²) in [5.41, 5.74) is 2.18. The van der Waals surface area contributed by atoms with Crippen molar-refractivity contribution >= 4 is 5.91 Å². The maximum absolute atomic E-state index is 11.3. The van der Waals surface area contributed by atoms with Gasteiger partial charge in [0.25, 0.3) is 0 Å². The average molecular weight is 193 g/mol. The van der Waals surface area contributed by atoms with E-state index in [1.807, 2.05) is 30.3 Å². The topological polar surface area (TPSA) is 49.3 Å². The summed E-state index contributed by atoms with van der Waals surface area (Å²) in [6.07, 6.45) is 0.611. The largest absolute Gasteiger partial charge is 0.289 e. The summed E-state index contributed by atoms with van der Waals surface area (Å²) >= 11 is 0. The first-order chi connectivity index (χ1) is 6.56. The quantitative estimate of drug-likeness (QED) is 0.567. The number of hydrogen-bond donors (Lipinski definition) is 2. The van der Waals surface area contributed by atoms with Gasteiger partial charge in [-0.1, -0.05) is 44.2 Å². The summed E-state index contributed by atoms with van der Waals surface area (Å²) in [7, 11) is 0. The van der Waals surface area contributed by atoms with Crippen LogP contribution in [0.5, 0.6) is 0 Å². The molecule has 0 radical (unpaired) electrons. The molecule has 0 heterocycles. The average Bonchev–Trinajstić information content (AvgIpc) is 2.17. The Morgan fingerprint density at radius 3 is 2.43 bits per heavy atom. The Hall–Kier alpha value is -1.35. The van der Waals surface area contributed by atoms with Gasteiger partial charge >= 0.3 is 0 Å². The van der Waals surface area contributed by atoms with Gasteiger partial charge in [0.15, 0.2) is 0 Å². The molecule has 0 aromatic heterocycles. The van der Waals surface area contributed by atoms with Crippen LogP contribution in [0.1, 0.15) is 19.4 Å². The van der Waals surface area contributed by atoms with Gasteiger partial charge in [-0.2, -0.15) is 0 Å². The van der Waals surface area contributed by atoms with E-state index in [4.69, 9.17) is 5.21 Å². The van der Waals surface area contributed by atoms with E-state index in [1.54, 1.807) is 19.3 Å². The fourth-order valence-corrected chi connectivity index (χ4v) is 1.34. The van der Waals surface area contributed by atoms with Gasteiger partial charge in [-0.05, 0) is 12.0 Å². The van der Waals surface area contributed by atoms with Gasteiger partial charge in [0.05, 0.1) is 0 Å². The second-order valence-electron chi connectivity index (χ2n) is 3.99. The van der Waals surface area contributed by atoms with Gasteiger partial charge in [-0.3, -0.25) is 10.0 Å². The third kappa shape index (κ3) is 2.57. The van der Waals surface area contributed by atoms with Gasteiger partial charge in [0.2, 0.25) is 5.91 Å². The molecule has 0 saturated heterocycles. The molecule has 2 N–H and O–H groups in total. The zero-order valence-electron chi connectivity index (χ0n) is 8.45. The molecule has 1 aromatic carbocycles. The lowest BCUT2D eigenvalue weighted by atomic mass is 9.85. The number of carbonyl (C=O) groups excluding carboxylic acids is 1. The Kier molecular flexibility index (Phi) is 3.25. The third-order valence-corrected chi connectivity index (χ3v) is 2.21. The van der Waals surface area contributed by atoms with Crippen molar-refractivity contribution in [2.45, 2.75) is 20.3 Å². The fraction of sp³-hybridized carbons (Fsp3) is 0.364. The highest BCUT2D eigenvalue weighted by Gasteiger charge is 2.27. The number of rotatable bonds is 3. The third-order valence-electron chi connectivity index (χ3n) is 2.21. The number of hydrogen-bond acceptors (Lipinski definition) is 2. The first kappa shape index (κ1) is 10.7. The molecule has 0 atom stereocenters. The van der Waals surface area contributed by atoms with Gasteiger partial charge in [-0.25, -0.2) is 5.48 Å². The van der Waals surface area contributed by atoms with Crippen molar-refractivity contribution in [3.63, 3.8) is 0 Å². The maximum atomic E-state index is 11.3. The van der Waals surface area contributed by atoms with Crippen LogP contribution in [0.25, 0.3) is 0 Å². The van der Waals surface area contributed by atoms with Crippen LogP contribution in [0, 0.1) is 5.41 Å².